The summed E-state index contributed by atoms with van der Waals surface area (Å²) in [7, 11) is 0. The summed E-state index contributed by atoms with van der Waals surface area (Å²) >= 11 is 0. The van der Waals surface area contributed by atoms with Crippen molar-refractivity contribution in [2.24, 2.45) is 11.7 Å². The summed E-state index contributed by atoms with van der Waals surface area (Å²) in [5.74, 6) is 1.54. The molecule has 1 saturated carbocycles. The van der Waals surface area contributed by atoms with E-state index in [2.05, 4.69) is 56.9 Å². The Labute approximate surface area is 142 Å². The first kappa shape index (κ1) is 17.0. The summed E-state index contributed by atoms with van der Waals surface area (Å²) in [5.41, 5.74) is 9.55. The fourth-order valence-corrected chi connectivity index (χ4v) is 4.31. The van der Waals surface area contributed by atoms with Gasteiger partial charge in [-0.3, -0.25) is 4.90 Å². The van der Waals surface area contributed by atoms with E-state index >= 15 is 0 Å². The van der Waals surface area contributed by atoms with Crippen molar-refractivity contribution >= 4 is 0 Å². The Morgan fingerprint density at radius 1 is 1.13 bits per heavy atom. The smallest absolute Gasteiger partial charge is 0.0174 e. The van der Waals surface area contributed by atoms with Gasteiger partial charge >= 0.3 is 0 Å². The van der Waals surface area contributed by atoms with E-state index in [-0.39, 0.29) is 5.41 Å². The van der Waals surface area contributed by atoms with Gasteiger partial charge in [-0.25, -0.2) is 0 Å². The molecule has 2 fully saturated rings. The van der Waals surface area contributed by atoms with E-state index in [9.17, 15) is 0 Å². The maximum Gasteiger partial charge on any atom is 0.0174 e. The van der Waals surface area contributed by atoms with Crippen LogP contribution >= 0.6 is 0 Å². The number of nitrogens with two attached hydrogens (primary N) is 1. The molecule has 1 aromatic rings. The first-order valence-electron chi connectivity index (χ1n) is 9.48. The molecule has 0 radical (unpaired) electrons. The van der Waals surface area contributed by atoms with Crippen molar-refractivity contribution in [2.75, 3.05) is 13.1 Å². The Bertz CT molecular complexity index is 510. The van der Waals surface area contributed by atoms with Gasteiger partial charge in [-0.2, -0.15) is 0 Å². The van der Waals surface area contributed by atoms with Gasteiger partial charge in [-0.1, -0.05) is 52.0 Å². The lowest BCUT2D eigenvalue weighted by Crippen LogP contribution is -2.51. The number of benzene rings is 1. The van der Waals surface area contributed by atoms with Gasteiger partial charge in [0.15, 0.2) is 0 Å². The van der Waals surface area contributed by atoms with Gasteiger partial charge in [0.1, 0.15) is 0 Å². The van der Waals surface area contributed by atoms with Crippen molar-refractivity contribution in [2.45, 2.75) is 76.8 Å². The molecule has 3 rings (SSSR count). The third-order valence-electron chi connectivity index (χ3n) is 5.81. The summed E-state index contributed by atoms with van der Waals surface area (Å²) < 4.78 is 0. The van der Waals surface area contributed by atoms with Gasteiger partial charge in [0.05, 0.1) is 0 Å². The van der Waals surface area contributed by atoms with Crippen LogP contribution in [-0.4, -0.2) is 30.1 Å². The standard InChI is InChI=1S/C21H34N2/c1-5-20(16-6-7-16)23-13-17(12-19(22)14-23)15-8-10-18(11-9-15)21(2,3)4/h8-11,16-17,19-20H,5-7,12-14,22H2,1-4H3. The molecule has 23 heavy (non-hydrogen) atoms. The highest BCUT2D eigenvalue weighted by molar-refractivity contribution is 5.30. The molecular weight excluding hydrogens is 280 g/mol. The third-order valence-corrected chi connectivity index (χ3v) is 5.81. The molecule has 1 aromatic carbocycles. The largest absolute Gasteiger partial charge is 0.327 e. The second-order valence-electron chi connectivity index (χ2n) is 8.83. The molecular formula is C21H34N2. The normalized spacial score (nSPS) is 27.9. The molecule has 0 aromatic heterocycles. The number of hydrogen-bond acceptors (Lipinski definition) is 2. The monoisotopic (exact) mass is 314 g/mol. The fourth-order valence-electron chi connectivity index (χ4n) is 4.31. The summed E-state index contributed by atoms with van der Waals surface area (Å²) in [6.45, 7) is 11.5. The molecule has 2 nitrogen and oxygen atoms in total. The summed E-state index contributed by atoms with van der Waals surface area (Å²) in [6, 6.07) is 10.4. The Morgan fingerprint density at radius 3 is 2.30 bits per heavy atom. The highest BCUT2D eigenvalue weighted by Crippen LogP contribution is 2.39. The molecule has 2 heteroatoms. The van der Waals surface area contributed by atoms with Crippen LogP contribution in [0.2, 0.25) is 0 Å². The van der Waals surface area contributed by atoms with Crippen LogP contribution in [0.1, 0.15) is 70.4 Å². The third kappa shape index (κ3) is 3.97. The zero-order valence-electron chi connectivity index (χ0n) is 15.4. The lowest BCUT2D eigenvalue weighted by molar-refractivity contribution is 0.116. The molecule has 1 aliphatic carbocycles. The van der Waals surface area contributed by atoms with Gasteiger partial charge in [0.2, 0.25) is 0 Å². The van der Waals surface area contributed by atoms with E-state index in [1.807, 2.05) is 0 Å². The summed E-state index contributed by atoms with van der Waals surface area (Å²) in [6.07, 6.45) is 5.25. The topological polar surface area (TPSA) is 29.3 Å². The predicted octanol–water partition coefficient (Wildman–Crippen LogP) is 4.29. The Balaban J connectivity index is 1.73. The predicted molar refractivity (Wildman–Crippen MR) is 98.9 cm³/mol. The summed E-state index contributed by atoms with van der Waals surface area (Å²) in [5, 5.41) is 0. The molecule has 2 N–H and O–H groups in total. The molecule has 0 amide bonds. The van der Waals surface area contributed by atoms with Gasteiger partial charge < -0.3 is 5.73 Å². The minimum absolute atomic E-state index is 0.229. The molecule has 0 bridgehead atoms. The van der Waals surface area contributed by atoms with E-state index in [0.717, 1.165) is 24.9 Å². The Kier molecular flexibility index (Phi) is 4.85. The van der Waals surface area contributed by atoms with Crippen LogP contribution < -0.4 is 5.73 Å². The van der Waals surface area contributed by atoms with Crippen molar-refractivity contribution in [3.63, 3.8) is 0 Å². The number of piperidine rings is 1. The van der Waals surface area contributed by atoms with Crippen molar-refractivity contribution in [1.82, 2.24) is 4.90 Å². The SMILES string of the molecule is CCC(C1CC1)N1CC(N)CC(c2ccc(C(C)(C)C)cc2)C1. The Hall–Kier alpha value is -0.860. The second kappa shape index (κ2) is 6.57. The molecule has 1 heterocycles. The van der Waals surface area contributed by atoms with Crippen LogP contribution in [0.3, 0.4) is 0 Å². The van der Waals surface area contributed by atoms with E-state index in [1.165, 1.54) is 36.9 Å². The van der Waals surface area contributed by atoms with Gasteiger partial charge in [-0.15, -0.1) is 0 Å². The van der Waals surface area contributed by atoms with Crippen molar-refractivity contribution in [1.29, 1.82) is 0 Å². The van der Waals surface area contributed by atoms with Crippen LogP contribution in [0.4, 0.5) is 0 Å². The minimum atomic E-state index is 0.229. The number of hydrogen-bond donors (Lipinski definition) is 1. The average molecular weight is 315 g/mol. The highest BCUT2D eigenvalue weighted by Gasteiger charge is 2.37. The van der Waals surface area contributed by atoms with Gasteiger partial charge in [0, 0.05) is 25.2 Å². The van der Waals surface area contributed by atoms with Crippen LogP contribution in [0.15, 0.2) is 24.3 Å². The molecule has 128 valence electrons. The summed E-state index contributed by atoms with van der Waals surface area (Å²) in [4.78, 5) is 2.70. The second-order valence-corrected chi connectivity index (χ2v) is 8.83. The van der Waals surface area contributed by atoms with Crippen LogP contribution in [0.5, 0.6) is 0 Å². The maximum atomic E-state index is 6.42. The van der Waals surface area contributed by atoms with Crippen molar-refractivity contribution in [3.8, 4) is 0 Å². The lowest BCUT2D eigenvalue weighted by atomic mass is 9.83. The number of rotatable bonds is 4. The maximum absolute atomic E-state index is 6.42. The number of nitrogens with zero attached hydrogens (tertiary/aromatic N) is 1. The van der Waals surface area contributed by atoms with Gasteiger partial charge in [-0.05, 0) is 54.1 Å². The molecule has 1 saturated heterocycles. The molecule has 1 aliphatic heterocycles. The van der Waals surface area contributed by atoms with Crippen LogP contribution in [0.25, 0.3) is 0 Å². The molecule has 3 atom stereocenters. The van der Waals surface area contributed by atoms with E-state index in [4.69, 9.17) is 5.73 Å². The first-order valence-corrected chi connectivity index (χ1v) is 9.48. The molecule has 2 aliphatic rings. The van der Waals surface area contributed by atoms with Crippen LogP contribution in [-0.2, 0) is 5.41 Å². The molecule has 0 spiro atoms. The van der Waals surface area contributed by atoms with Gasteiger partial charge in [0.25, 0.3) is 0 Å². The zero-order valence-corrected chi connectivity index (χ0v) is 15.4. The Morgan fingerprint density at radius 2 is 1.78 bits per heavy atom. The van der Waals surface area contributed by atoms with Crippen molar-refractivity contribution < 1.29 is 0 Å². The van der Waals surface area contributed by atoms with E-state index in [1.54, 1.807) is 0 Å². The average Bonchev–Trinajstić information content (AvgIpc) is 3.31. The first-order chi connectivity index (χ1) is 10.9. The lowest BCUT2D eigenvalue weighted by Gasteiger charge is -2.41. The quantitative estimate of drug-likeness (QED) is 0.898. The zero-order chi connectivity index (χ0) is 16.6. The molecule has 3 unspecified atom stereocenters. The van der Waals surface area contributed by atoms with Crippen LogP contribution in [0, 0.1) is 5.92 Å². The van der Waals surface area contributed by atoms with Crippen molar-refractivity contribution in [3.05, 3.63) is 35.4 Å². The number of likely N-dealkylation sites (tertiary alicyclic amines) is 1. The van der Waals surface area contributed by atoms with E-state index < -0.39 is 0 Å². The fraction of sp³-hybridized carbons (Fsp3) is 0.714. The highest BCUT2D eigenvalue weighted by atomic mass is 15.2. The minimum Gasteiger partial charge on any atom is -0.327 e. The van der Waals surface area contributed by atoms with E-state index in [0.29, 0.717) is 12.0 Å².